The highest BCUT2D eigenvalue weighted by atomic mass is 16.3. The molecule has 0 atom stereocenters. The second-order valence-corrected chi connectivity index (χ2v) is 6.11. The Morgan fingerprint density at radius 2 is 0.958 bits per heavy atom. The van der Waals surface area contributed by atoms with E-state index in [1.807, 2.05) is 24.3 Å². The lowest BCUT2D eigenvalue weighted by Crippen LogP contribution is -2.32. The minimum atomic E-state index is 0.444. The molecule has 1 fully saturated rings. The van der Waals surface area contributed by atoms with Crippen LogP contribution in [-0.4, -0.2) is 12.1 Å². The van der Waals surface area contributed by atoms with Gasteiger partial charge in [-0.15, -0.1) is 9.81 Å². The molecule has 1 saturated carbocycles. The first kappa shape index (κ1) is 16.1. The molecule has 6 nitrogen and oxygen atoms in total. The van der Waals surface area contributed by atoms with E-state index in [0.29, 0.717) is 23.5 Å². The Hall–Kier alpha value is -2.76. The van der Waals surface area contributed by atoms with E-state index in [1.54, 1.807) is 24.3 Å². The molecule has 0 aliphatic heterocycles. The first-order valence-electron chi connectivity index (χ1n) is 8.17. The number of benzene rings is 2. The summed E-state index contributed by atoms with van der Waals surface area (Å²) < 4.78 is 0. The highest BCUT2D eigenvalue weighted by molar-refractivity contribution is 5.52. The van der Waals surface area contributed by atoms with Crippen molar-refractivity contribution >= 4 is 22.7 Å². The molecule has 0 radical (unpaired) electrons. The Balaban J connectivity index is 1.47. The molecule has 0 bridgehead atoms. The van der Waals surface area contributed by atoms with Crippen LogP contribution in [0.3, 0.4) is 0 Å². The molecule has 1 aliphatic rings. The van der Waals surface area contributed by atoms with Gasteiger partial charge in [-0.3, -0.25) is 0 Å². The number of nitroso groups, excluding NO2 is 2. The van der Waals surface area contributed by atoms with Crippen LogP contribution in [0.5, 0.6) is 0 Å². The summed E-state index contributed by atoms with van der Waals surface area (Å²) >= 11 is 0. The number of nitrogens with zero attached hydrogens (tertiary/aromatic N) is 2. The summed E-state index contributed by atoms with van der Waals surface area (Å²) in [6.45, 7) is 0. The standard InChI is InChI=1S/C18H20N4O2/c23-21-17-9-5-15(6-10-17)19-13-1-2-14(4-3-13)20-16-7-11-18(22-24)12-8-16/h5-14,19-20H,1-4H2. The van der Waals surface area contributed by atoms with Crippen LogP contribution in [0.15, 0.2) is 58.9 Å². The Morgan fingerprint density at radius 3 is 1.25 bits per heavy atom. The summed E-state index contributed by atoms with van der Waals surface area (Å²) in [7, 11) is 0. The molecule has 2 aromatic carbocycles. The predicted octanol–water partition coefficient (Wildman–Crippen LogP) is 5.32. The highest BCUT2D eigenvalue weighted by Gasteiger charge is 2.20. The Morgan fingerprint density at radius 1 is 0.625 bits per heavy atom. The predicted molar refractivity (Wildman–Crippen MR) is 97.1 cm³/mol. The first-order chi connectivity index (χ1) is 11.8. The van der Waals surface area contributed by atoms with Crippen molar-refractivity contribution in [3.63, 3.8) is 0 Å². The van der Waals surface area contributed by atoms with Gasteiger partial charge < -0.3 is 10.6 Å². The summed E-state index contributed by atoms with van der Waals surface area (Å²) in [6.07, 6.45) is 4.33. The number of rotatable bonds is 6. The maximum Gasteiger partial charge on any atom is 0.108 e. The topological polar surface area (TPSA) is 82.9 Å². The van der Waals surface area contributed by atoms with Crippen molar-refractivity contribution in [3.05, 3.63) is 58.3 Å². The third kappa shape index (κ3) is 4.16. The average Bonchev–Trinajstić information content (AvgIpc) is 2.65. The normalized spacial score (nSPS) is 20.2. The molecule has 2 aromatic rings. The van der Waals surface area contributed by atoms with E-state index in [0.717, 1.165) is 37.1 Å². The molecule has 2 N–H and O–H groups in total. The minimum Gasteiger partial charge on any atom is -0.382 e. The monoisotopic (exact) mass is 324 g/mol. The van der Waals surface area contributed by atoms with Crippen LogP contribution in [0.2, 0.25) is 0 Å². The third-order valence-electron chi connectivity index (χ3n) is 4.41. The number of hydrogen-bond donors (Lipinski definition) is 2. The molecule has 0 spiro atoms. The van der Waals surface area contributed by atoms with Crippen molar-refractivity contribution in [2.45, 2.75) is 37.8 Å². The van der Waals surface area contributed by atoms with E-state index in [2.05, 4.69) is 21.0 Å². The lowest BCUT2D eigenvalue weighted by Gasteiger charge is -2.31. The van der Waals surface area contributed by atoms with E-state index in [4.69, 9.17) is 0 Å². The SMILES string of the molecule is O=Nc1ccc(NC2CCC(Nc3ccc(N=O)cc3)CC2)cc1. The summed E-state index contributed by atoms with van der Waals surface area (Å²) in [6, 6.07) is 15.3. The fourth-order valence-corrected chi connectivity index (χ4v) is 3.09. The van der Waals surface area contributed by atoms with Gasteiger partial charge in [0.1, 0.15) is 11.4 Å². The van der Waals surface area contributed by atoms with Crippen LogP contribution in [0.1, 0.15) is 25.7 Å². The lowest BCUT2D eigenvalue weighted by atomic mass is 9.91. The van der Waals surface area contributed by atoms with E-state index in [9.17, 15) is 9.81 Å². The van der Waals surface area contributed by atoms with Crippen molar-refractivity contribution in [2.24, 2.45) is 10.4 Å². The number of anilines is 2. The maximum absolute atomic E-state index is 10.4. The summed E-state index contributed by atoms with van der Waals surface area (Å²) in [5.74, 6) is 0. The van der Waals surface area contributed by atoms with Crippen LogP contribution in [0.4, 0.5) is 22.7 Å². The molecular formula is C18H20N4O2. The second-order valence-electron chi connectivity index (χ2n) is 6.11. The van der Waals surface area contributed by atoms with Gasteiger partial charge in [-0.1, -0.05) is 0 Å². The van der Waals surface area contributed by atoms with Crippen LogP contribution in [0, 0.1) is 9.81 Å². The fraction of sp³-hybridized carbons (Fsp3) is 0.333. The van der Waals surface area contributed by atoms with Gasteiger partial charge in [0.25, 0.3) is 0 Å². The van der Waals surface area contributed by atoms with Gasteiger partial charge in [0.2, 0.25) is 0 Å². The zero-order valence-electron chi connectivity index (χ0n) is 13.3. The smallest absolute Gasteiger partial charge is 0.108 e. The number of hydrogen-bond acceptors (Lipinski definition) is 6. The van der Waals surface area contributed by atoms with Crippen molar-refractivity contribution in [3.8, 4) is 0 Å². The van der Waals surface area contributed by atoms with Crippen molar-refractivity contribution < 1.29 is 0 Å². The summed E-state index contributed by atoms with van der Waals surface area (Å²) in [4.78, 5) is 20.9. The van der Waals surface area contributed by atoms with Gasteiger partial charge in [-0.05, 0) is 84.6 Å². The van der Waals surface area contributed by atoms with E-state index < -0.39 is 0 Å². The number of nitrogens with one attached hydrogen (secondary N) is 2. The molecule has 1 aliphatic carbocycles. The molecule has 24 heavy (non-hydrogen) atoms. The maximum atomic E-state index is 10.4. The van der Waals surface area contributed by atoms with Crippen molar-refractivity contribution in [1.82, 2.24) is 0 Å². The summed E-state index contributed by atoms with van der Waals surface area (Å²) in [5.41, 5.74) is 2.94. The van der Waals surface area contributed by atoms with Crippen molar-refractivity contribution in [2.75, 3.05) is 10.6 Å². The van der Waals surface area contributed by atoms with Gasteiger partial charge >= 0.3 is 0 Å². The lowest BCUT2D eigenvalue weighted by molar-refractivity contribution is 0.429. The van der Waals surface area contributed by atoms with E-state index in [-0.39, 0.29) is 0 Å². The molecule has 0 heterocycles. The van der Waals surface area contributed by atoms with E-state index >= 15 is 0 Å². The Labute approximate surface area is 140 Å². The largest absolute Gasteiger partial charge is 0.382 e. The molecule has 6 heteroatoms. The van der Waals surface area contributed by atoms with E-state index in [1.165, 1.54) is 0 Å². The summed E-state index contributed by atoms with van der Waals surface area (Å²) in [5, 5.41) is 12.8. The molecule has 3 rings (SSSR count). The zero-order valence-corrected chi connectivity index (χ0v) is 13.3. The van der Waals surface area contributed by atoms with Crippen LogP contribution >= 0.6 is 0 Å². The quantitative estimate of drug-likeness (QED) is 0.705. The fourth-order valence-electron chi connectivity index (χ4n) is 3.09. The van der Waals surface area contributed by atoms with Crippen LogP contribution in [0.25, 0.3) is 0 Å². The molecule has 124 valence electrons. The third-order valence-corrected chi connectivity index (χ3v) is 4.41. The molecule has 0 amide bonds. The Kier molecular flexibility index (Phi) is 5.15. The van der Waals surface area contributed by atoms with Crippen LogP contribution in [-0.2, 0) is 0 Å². The average molecular weight is 324 g/mol. The van der Waals surface area contributed by atoms with Crippen molar-refractivity contribution in [1.29, 1.82) is 0 Å². The molecule has 0 saturated heterocycles. The molecule has 0 unspecified atom stereocenters. The minimum absolute atomic E-state index is 0.444. The Bertz CT molecular complexity index is 616. The molecule has 0 aromatic heterocycles. The van der Waals surface area contributed by atoms with Gasteiger partial charge in [-0.2, -0.15) is 0 Å². The van der Waals surface area contributed by atoms with Gasteiger partial charge in [0, 0.05) is 23.5 Å². The van der Waals surface area contributed by atoms with Gasteiger partial charge in [0.15, 0.2) is 0 Å². The molecular weight excluding hydrogens is 304 g/mol. The van der Waals surface area contributed by atoms with Gasteiger partial charge in [-0.25, -0.2) is 0 Å². The first-order valence-corrected chi connectivity index (χ1v) is 8.17. The zero-order chi connectivity index (χ0) is 16.8. The second kappa shape index (κ2) is 7.68. The van der Waals surface area contributed by atoms with Gasteiger partial charge in [0.05, 0.1) is 0 Å². The van der Waals surface area contributed by atoms with Crippen LogP contribution < -0.4 is 10.6 Å². The highest BCUT2D eigenvalue weighted by Crippen LogP contribution is 2.26.